The third-order valence-corrected chi connectivity index (χ3v) is 3.11. The number of hydrogen-bond acceptors (Lipinski definition) is 2. The molecule has 0 aliphatic heterocycles. The maximum Gasteiger partial charge on any atom is 0.332 e. The number of nitrogens with one attached hydrogen (secondary N) is 1. The van der Waals surface area contributed by atoms with E-state index in [0.717, 1.165) is 5.57 Å². The zero-order valence-corrected chi connectivity index (χ0v) is 9.90. The molecule has 0 saturated carbocycles. The van der Waals surface area contributed by atoms with Crippen LogP contribution in [0.2, 0.25) is 0 Å². The van der Waals surface area contributed by atoms with E-state index in [1.807, 2.05) is 12.1 Å². The molecule has 2 rings (SSSR count). The zero-order valence-electron chi connectivity index (χ0n) is 9.90. The van der Waals surface area contributed by atoms with Gasteiger partial charge in [-0.3, -0.25) is 0 Å². The lowest BCUT2D eigenvalue weighted by Crippen LogP contribution is -2.24. The van der Waals surface area contributed by atoms with Crippen LogP contribution in [0.4, 0.5) is 4.79 Å². The third kappa shape index (κ3) is 2.06. The van der Waals surface area contributed by atoms with Gasteiger partial charge >= 0.3 is 6.03 Å². The maximum atomic E-state index is 10.5. The Morgan fingerprint density at radius 1 is 1.47 bits per heavy atom. The fourth-order valence-corrected chi connectivity index (χ4v) is 2.24. The molecule has 4 heteroatoms. The standard InChI is InChI=1S/C13H15N3O/c1-8-10-5-3-4-6-11(10)9(2)12(8)7-15-16-13(14)17/h3-8H,1-2H3,(H3,14,16,17)/t8-/m0/s1. The molecule has 0 spiro atoms. The average molecular weight is 229 g/mol. The fourth-order valence-electron chi connectivity index (χ4n) is 2.24. The number of rotatable bonds is 2. The lowest BCUT2D eigenvalue weighted by Gasteiger charge is -2.06. The monoisotopic (exact) mass is 229 g/mol. The number of fused-ring (bicyclic) bond motifs is 1. The summed E-state index contributed by atoms with van der Waals surface area (Å²) in [7, 11) is 0. The van der Waals surface area contributed by atoms with Gasteiger partial charge in [0, 0.05) is 5.92 Å². The highest BCUT2D eigenvalue weighted by atomic mass is 16.2. The van der Waals surface area contributed by atoms with Crippen LogP contribution in [0.1, 0.15) is 30.9 Å². The third-order valence-electron chi connectivity index (χ3n) is 3.11. The van der Waals surface area contributed by atoms with Crippen LogP contribution in [0.3, 0.4) is 0 Å². The molecule has 0 fully saturated rings. The molecule has 0 aromatic heterocycles. The number of primary amides is 1. The quantitative estimate of drug-likeness (QED) is 0.592. The maximum absolute atomic E-state index is 10.5. The van der Waals surface area contributed by atoms with Crippen molar-refractivity contribution in [1.29, 1.82) is 0 Å². The van der Waals surface area contributed by atoms with Crippen molar-refractivity contribution < 1.29 is 4.79 Å². The first-order chi connectivity index (χ1) is 8.11. The van der Waals surface area contributed by atoms with Crippen LogP contribution in [0.15, 0.2) is 34.9 Å². The van der Waals surface area contributed by atoms with Gasteiger partial charge in [0.2, 0.25) is 0 Å². The number of carbonyl (C=O) groups is 1. The van der Waals surface area contributed by atoms with Gasteiger partial charge in [-0.1, -0.05) is 31.2 Å². The molecule has 17 heavy (non-hydrogen) atoms. The molecule has 3 N–H and O–H groups in total. The minimum Gasteiger partial charge on any atom is -0.350 e. The van der Waals surface area contributed by atoms with E-state index < -0.39 is 6.03 Å². The van der Waals surface area contributed by atoms with Gasteiger partial charge in [-0.2, -0.15) is 5.10 Å². The average Bonchev–Trinajstić information content (AvgIpc) is 2.54. The number of hydrogen-bond donors (Lipinski definition) is 2. The van der Waals surface area contributed by atoms with Gasteiger partial charge in [0.05, 0.1) is 6.21 Å². The number of amides is 2. The minimum absolute atomic E-state index is 0.296. The van der Waals surface area contributed by atoms with Crippen LogP contribution in [0.5, 0.6) is 0 Å². The molecule has 0 saturated heterocycles. The van der Waals surface area contributed by atoms with E-state index in [2.05, 4.69) is 36.5 Å². The second-order valence-corrected chi connectivity index (χ2v) is 4.12. The van der Waals surface area contributed by atoms with Crippen molar-refractivity contribution in [2.45, 2.75) is 19.8 Å². The molecule has 1 aliphatic rings. The second kappa shape index (κ2) is 4.41. The highest BCUT2D eigenvalue weighted by Crippen LogP contribution is 2.40. The van der Waals surface area contributed by atoms with E-state index in [1.165, 1.54) is 16.7 Å². The second-order valence-electron chi connectivity index (χ2n) is 4.12. The van der Waals surface area contributed by atoms with Crippen molar-refractivity contribution in [1.82, 2.24) is 5.43 Å². The summed E-state index contributed by atoms with van der Waals surface area (Å²) >= 11 is 0. The fraction of sp³-hybridized carbons (Fsp3) is 0.231. The summed E-state index contributed by atoms with van der Waals surface area (Å²) in [5.41, 5.74) is 12.0. The molecule has 4 nitrogen and oxygen atoms in total. The predicted molar refractivity (Wildman–Crippen MR) is 68.7 cm³/mol. The van der Waals surface area contributed by atoms with Gasteiger partial charge in [-0.05, 0) is 29.2 Å². The summed E-state index contributed by atoms with van der Waals surface area (Å²) in [5, 5.41) is 3.83. The molecule has 1 aromatic rings. The number of hydrazone groups is 1. The van der Waals surface area contributed by atoms with Crippen molar-refractivity contribution in [3.8, 4) is 0 Å². The molecule has 1 aliphatic carbocycles. The molecule has 1 aromatic carbocycles. The molecular formula is C13H15N3O. The summed E-state index contributed by atoms with van der Waals surface area (Å²) in [5.74, 6) is 0.296. The number of nitrogens with two attached hydrogens (primary N) is 1. The molecule has 0 heterocycles. The Morgan fingerprint density at radius 3 is 2.82 bits per heavy atom. The first kappa shape index (κ1) is 11.4. The normalized spacial score (nSPS) is 18.6. The molecule has 0 radical (unpaired) electrons. The Morgan fingerprint density at radius 2 is 2.18 bits per heavy atom. The smallest absolute Gasteiger partial charge is 0.332 e. The van der Waals surface area contributed by atoms with E-state index in [9.17, 15) is 4.79 Å². The Hall–Kier alpha value is -2.10. The number of benzene rings is 1. The van der Waals surface area contributed by atoms with Crippen LogP contribution in [0.25, 0.3) is 5.57 Å². The van der Waals surface area contributed by atoms with Crippen LogP contribution in [0, 0.1) is 0 Å². The molecule has 1 atom stereocenters. The first-order valence-electron chi connectivity index (χ1n) is 5.50. The van der Waals surface area contributed by atoms with Crippen molar-refractivity contribution in [3.63, 3.8) is 0 Å². The zero-order chi connectivity index (χ0) is 12.4. The number of urea groups is 1. The Labute approximate surface area is 100 Å². The van der Waals surface area contributed by atoms with E-state index >= 15 is 0 Å². The number of allylic oxidation sites excluding steroid dienone is 2. The summed E-state index contributed by atoms with van der Waals surface area (Å²) in [6.07, 6.45) is 1.67. The summed E-state index contributed by atoms with van der Waals surface area (Å²) in [4.78, 5) is 10.5. The van der Waals surface area contributed by atoms with Crippen LogP contribution in [-0.2, 0) is 0 Å². The highest BCUT2D eigenvalue weighted by Gasteiger charge is 2.23. The van der Waals surface area contributed by atoms with Crippen LogP contribution in [-0.4, -0.2) is 12.2 Å². The van der Waals surface area contributed by atoms with Crippen molar-refractivity contribution in [2.75, 3.05) is 0 Å². The summed E-state index contributed by atoms with van der Waals surface area (Å²) < 4.78 is 0. The molecule has 2 amide bonds. The van der Waals surface area contributed by atoms with Crippen LogP contribution < -0.4 is 11.2 Å². The van der Waals surface area contributed by atoms with E-state index in [1.54, 1.807) is 6.21 Å². The lowest BCUT2D eigenvalue weighted by molar-refractivity contribution is 0.249. The first-order valence-corrected chi connectivity index (χ1v) is 5.50. The van der Waals surface area contributed by atoms with Crippen molar-refractivity contribution in [3.05, 3.63) is 41.0 Å². The van der Waals surface area contributed by atoms with Crippen LogP contribution >= 0.6 is 0 Å². The number of carbonyl (C=O) groups excluding carboxylic acids is 1. The molecule has 88 valence electrons. The number of nitrogens with zero attached hydrogens (tertiary/aromatic N) is 1. The Balaban J connectivity index is 2.29. The van der Waals surface area contributed by atoms with Gasteiger partial charge in [0.25, 0.3) is 0 Å². The van der Waals surface area contributed by atoms with E-state index in [0.29, 0.717) is 5.92 Å². The van der Waals surface area contributed by atoms with E-state index in [4.69, 9.17) is 5.73 Å². The lowest BCUT2D eigenvalue weighted by atomic mass is 9.99. The summed E-state index contributed by atoms with van der Waals surface area (Å²) in [6.45, 7) is 4.19. The van der Waals surface area contributed by atoms with Gasteiger partial charge in [0.15, 0.2) is 0 Å². The largest absolute Gasteiger partial charge is 0.350 e. The van der Waals surface area contributed by atoms with Gasteiger partial charge in [0.1, 0.15) is 0 Å². The highest BCUT2D eigenvalue weighted by molar-refractivity contribution is 5.96. The van der Waals surface area contributed by atoms with Gasteiger partial charge < -0.3 is 5.73 Å². The molecule has 0 unspecified atom stereocenters. The Bertz CT molecular complexity index is 517. The van der Waals surface area contributed by atoms with E-state index in [-0.39, 0.29) is 0 Å². The molecule has 0 bridgehead atoms. The van der Waals surface area contributed by atoms with Gasteiger partial charge in [-0.25, -0.2) is 10.2 Å². The predicted octanol–water partition coefficient (Wildman–Crippen LogP) is 2.23. The molecular weight excluding hydrogens is 214 g/mol. The topological polar surface area (TPSA) is 67.5 Å². The van der Waals surface area contributed by atoms with Crippen molar-refractivity contribution in [2.24, 2.45) is 10.8 Å². The minimum atomic E-state index is -0.650. The Kier molecular flexibility index (Phi) is 2.95. The van der Waals surface area contributed by atoms with Gasteiger partial charge in [-0.15, -0.1) is 0 Å². The van der Waals surface area contributed by atoms with Crippen molar-refractivity contribution >= 4 is 17.8 Å². The summed E-state index contributed by atoms with van der Waals surface area (Å²) in [6, 6.07) is 7.62. The SMILES string of the molecule is CC1=C(C=NNC(N)=O)[C@@H](C)c2ccccc21.